The molecule has 15 heavy (non-hydrogen) atoms. The smallest absolute Gasteiger partial charge is 0.191 e. The van der Waals surface area contributed by atoms with Crippen LogP contribution < -0.4 is 0 Å². The average Bonchev–Trinajstić information content (AvgIpc) is 2.55. The number of halogens is 1. The molecule has 0 bridgehead atoms. The first-order valence-electron chi connectivity index (χ1n) is 4.26. The van der Waals surface area contributed by atoms with Gasteiger partial charge in [-0.1, -0.05) is 5.18 Å². The van der Waals surface area contributed by atoms with Crippen LogP contribution >= 0.6 is 0 Å². The second-order valence-electron chi connectivity index (χ2n) is 3.28. The number of ketones is 1. The summed E-state index contributed by atoms with van der Waals surface area (Å²) in [6.45, 7) is 0. The van der Waals surface area contributed by atoms with Gasteiger partial charge < -0.3 is 0 Å². The van der Waals surface area contributed by atoms with Gasteiger partial charge in [0.05, 0.1) is 11.6 Å². The molecule has 1 aromatic carbocycles. The summed E-state index contributed by atoms with van der Waals surface area (Å²) in [5, 5.41) is 11.4. The minimum Gasteiger partial charge on any atom is -0.292 e. The molecule has 74 valence electrons. The van der Waals surface area contributed by atoms with Crippen molar-refractivity contribution in [1.82, 2.24) is 0 Å². The van der Waals surface area contributed by atoms with E-state index in [1.54, 1.807) is 6.07 Å². The molecular weight excluding hydrogens is 199 g/mol. The van der Waals surface area contributed by atoms with Crippen LogP contribution in [0.25, 0.3) is 0 Å². The van der Waals surface area contributed by atoms with E-state index in [0.717, 1.165) is 12.1 Å². The highest BCUT2D eigenvalue weighted by Gasteiger charge is 2.33. The Morgan fingerprint density at radius 3 is 2.87 bits per heavy atom. The van der Waals surface area contributed by atoms with Gasteiger partial charge in [-0.05, 0) is 17.7 Å². The Labute approximate surface area is 84.3 Å². The van der Waals surface area contributed by atoms with Crippen LogP contribution in [0.5, 0.6) is 0 Å². The Morgan fingerprint density at radius 1 is 1.53 bits per heavy atom. The Hall–Kier alpha value is -2.09. The van der Waals surface area contributed by atoms with E-state index in [2.05, 4.69) is 5.18 Å². The lowest BCUT2D eigenvalue weighted by Crippen LogP contribution is -2.11. The van der Waals surface area contributed by atoms with Crippen molar-refractivity contribution in [3.63, 3.8) is 0 Å². The molecule has 0 N–H and O–H groups in total. The molecule has 0 fully saturated rings. The van der Waals surface area contributed by atoms with Crippen molar-refractivity contribution in [3.8, 4) is 6.07 Å². The lowest BCUT2D eigenvalue weighted by Gasteiger charge is -1.99. The van der Waals surface area contributed by atoms with Gasteiger partial charge in [-0.15, -0.1) is 0 Å². The summed E-state index contributed by atoms with van der Waals surface area (Å²) in [4.78, 5) is 21.8. The maximum absolute atomic E-state index is 13.0. The maximum Gasteiger partial charge on any atom is 0.191 e. The Morgan fingerprint density at radius 2 is 2.27 bits per heavy atom. The molecule has 4 nitrogen and oxygen atoms in total. The zero-order valence-electron chi connectivity index (χ0n) is 7.53. The molecule has 2 rings (SSSR count). The quantitative estimate of drug-likeness (QED) is 0.652. The molecule has 0 saturated heterocycles. The summed E-state index contributed by atoms with van der Waals surface area (Å²) in [6.07, 6.45) is 0.0981. The molecule has 5 heteroatoms. The van der Waals surface area contributed by atoms with Crippen LogP contribution in [0.2, 0.25) is 0 Å². The SMILES string of the molecule is N#Cc1cc(F)cc2c1CC(N=O)C2=O. The van der Waals surface area contributed by atoms with Crippen molar-refractivity contribution in [1.29, 1.82) is 5.26 Å². The number of rotatable bonds is 1. The third kappa shape index (κ3) is 1.31. The number of nitrogens with zero attached hydrogens (tertiary/aromatic N) is 2. The molecule has 1 aliphatic carbocycles. The van der Waals surface area contributed by atoms with Crippen molar-refractivity contribution in [3.05, 3.63) is 39.5 Å². The minimum absolute atomic E-state index is 0.0981. The molecule has 0 spiro atoms. The number of hydrogen-bond donors (Lipinski definition) is 0. The summed E-state index contributed by atoms with van der Waals surface area (Å²) in [5.41, 5.74) is 0.633. The molecule has 1 aromatic rings. The fourth-order valence-electron chi connectivity index (χ4n) is 1.73. The van der Waals surface area contributed by atoms with Gasteiger partial charge in [-0.25, -0.2) is 4.39 Å². The summed E-state index contributed by atoms with van der Waals surface area (Å²) >= 11 is 0. The van der Waals surface area contributed by atoms with Crippen LogP contribution in [0.1, 0.15) is 21.5 Å². The van der Waals surface area contributed by atoms with Crippen LogP contribution in [0.4, 0.5) is 4.39 Å². The minimum atomic E-state index is -1.01. The van der Waals surface area contributed by atoms with Gasteiger partial charge in [0, 0.05) is 12.0 Å². The largest absolute Gasteiger partial charge is 0.292 e. The summed E-state index contributed by atoms with van der Waals surface area (Å²) in [7, 11) is 0. The topological polar surface area (TPSA) is 70.3 Å². The number of carbonyl (C=O) groups excluding carboxylic acids is 1. The van der Waals surface area contributed by atoms with Gasteiger partial charge in [0.1, 0.15) is 5.82 Å². The lowest BCUT2D eigenvalue weighted by molar-refractivity contribution is 0.0975. The predicted octanol–water partition coefficient (Wildman–Crippen LogP) is 1.57. The third-order valence-electron chi connectivity index (χ3n) is 2.43. The van der Waals surface area contributed by atoms with Gasteiger partial charge in [-0.2, -0.15) is 10.2 Å². The van der Waals surface area contributed by atoms with Crippen LogP contribution in [-0.2, 0) is 6.42 Å². The van der Waals surface area contributed by atoms with E-state index in [4.69, 9.17) is 5.26 Å². The van der Waals surface area contributed by atoms with Gasteiger partial charge in [-0.3, -0.25) is 4.79 Å². The first-order valence-corrected chi connectivity index (χ1v) is 4.26. The summed E-state index contributed by atoms with van der Waals surface area (Å²) in [5.74, 6) is -1.15. The van der Waals surface area contributed by atoms with E-state index in [-0.39, 0.29) is 17.5 Å². The van der Waals surface area contributed by atoms with E-state index >= 15 is 0 Å². The first-order chi connectivity index (χ1) is 7.17. The molecule has 1 atom stereocenters. The molecule has 1 unspecified atom stereocenters. The van der Waals surface area contributed by atoms with E-state index in [0.29, 0.717) is 5.56 Å². The molecule has 0 radical (unpaired) electrons. The number of Topliss-reactive ketones (excluding diaryl/α,β-unsaturated/α-hetero) is 1. The molecule has 1 aliphatic rings. The Bertz CT molecular complexity index is 505. The highest BCUT2D eigenvalue weighted by molar-refractivity contribution is 6.05. The molecule has 0 aromatic heterocycles. The van der Waals surface area contributed by atoms with Crippen LogP contribution in [0.3, 0.4) is 0 Å². The van der Waals surface area contributed by atoms with Crippen LogP contribution in [-0.4, -0.2) is 11.8 Å². The van der Waals surface area contributed by atoms with E-state index in [1.807, 2.05) is 0 Å². The number of benzene rings is 1. The Balaban J connectivity index is 2.64. The molecule has 0 aliphatic heterocycles. The van der Waals surface area contributed by atoms with Gasteiger partial charge in [0.25, 0.3) is 0 Å². The average molecular weight is 204 g/mol. The number of nitroso groups, excluding NO2 is 1. The number of carbonyl (C=O) groups is 1. The van der Waals surface area contributed by atoms with Crippen molar-refractivity contribution >= 4 is 5.78 Å². The van der Waals surface area contributed by atoms with Crippen molar-refractivity contribution in [2.45, 2.75) is 12.5 Å². The number of fused-ring (bicyclic) bond motifs is 1. The molecular formula is C10H5FN2O2. The Kier molecular flexibility index (Phi) is 2.05. The second kappa shape index (κ2) is 3.24. The highest BCUT2D eigenvalue weighted by Crippen LogP contribution is 2.28. The molecule has 0 amide bonds. The normalized spacial score (nSPS) is 18.4. The molecule has 0 heterocycles. The maximum atomic E-state index is 13.0. The van der Waals surface area contributed by atoms with E-state index in [1.165, 1.54) is 0 Å². The van der Waals surface area contributed by atoms with Gasteiger partial charge >= 0.3 is 0 Å². The first kappa shape index (κ1) is 9.46. The molecule has 0 saturated carbocycles. The zero-order chi connectivity index (χ0) is 11.0. The highest BCUT2D eigenvalue weighted by atomic mass is 19.1. The fourth-order valence-corrected chi connectivity index (χ4v) is 1.73. The number of hydrogen-bond acceptors (Lipinski definition) is 4. The predicted molar refractivity (Wildman–Crippen MR) is 48.7 cm³/mol. The monoisotopic (exact) mass is 204 g/mol. The van der Waals surface area contributed by atoms with E-state index in [9.17, 15) is 14.1 Å². The van der Waals surface area contributed by atoms with Crippen LogP contribution in [0.15, 0.2) is 17.3 Å². The fraction of sp³-hybridized carbons (Fsp3) is 0.200. The van der Waals surface area contributed by atoms with Gasteiger partial charge in [0.15, 0.2) is 11.8 Å². The van der Waals surface area contributed by atoms with E-state index < -0.39 is 17.6 Å². The van der Waals surface area contributed by atoms with Crippen molar-refractivity contribution in [2.24, 2.45) is 5.18 Å². The third-order valence-corrected chi connectivity index (χ3v) is 2.43. The second-order valence-corrected chi connectivity index (χ2v) is 3.28. The zero-order valence-corrected chi connectivity index (χ0v) is 7.53. The summed E-state index contributed by atoms with van der Waals surface area (Å²) in [6, 6.07) is 2.89. The van der Waals surface area contributed by atoms with Gasteiger partial charge in [0.2, 0.25) is 0 Å². The summed E-state index contributed by atoms with van der Waals surface area (Å²) < 4.78 is 13.0. The van der Waals surface area contributed by atoms with Crippen molar-refractivity contribution < 1.29 is 9.18 Å². The number of nitriles is 1. The van der Waals surface area contributed by atoms with Crippen molar-refractivity contribution in [2.75, 3.05) is 0 Å². The standard InChI is InChI=1S/C10H5FN2O2/c11-6-1-5(4-12)7-3-9(13-15)10(14)8(7)2-6/h1-2,9H,3H2. The van der Waals surface area contributed by atoms with Crippen LogP contribution in [0, 0.1) is 22.1 Å². The lowest BCUT2D eigenvalue weighted by atomic mass is 10.0.